The molecule has 0 unspecified atom stereocenters. The van der Waals surface area contributed by atoms with Gasteiger partial charge < -0.3 is 4.90 Å². The lowest BCUT2D eigenvalue weighted by atomic mass is 10.2. The van der Waals surface area contributed by atoms with Gasteiger partial charge in [-0.05, 0) is 66.2 Å². The molecule has 0 atom stereocenters. The van der Waals surface area contributed by atoms with Gasteiger partial charge in [0.05, 0.1) is 28.7 Å². The standard InChI is InChI=1S/C22H19N5/c1-27(2)22-13-11-21(12-14-22)26-25-20-9-7-19(8-10-20)24-16-18-5-3-17(15-23)4-6-18/h3-14,16H,1-2H3. The van der Waals surface area contributed by atoms with Gasteiger partial charge in [0.15, 0.2) is 0 Å². The van der Waals surface area contributed by atoms with Crippen LogP contribution < -0.4 is 4.90 Å². The summed E-state index contributed by atoms with van der Waals surface area (Å²) in [5.41, 5.74) is 5.11. The second-order valence-electron chi connectivity index (χ2n) is 6.12. The third-order valence-electron chi connectivity index (χ3n) is 3.90. The molecule has 0 aromatic heterocycles. The van der Waals surface area contributed by atoms with Crippen LogP contribution in [0.2, 0.25) is 0 Å². The molecular weight excluding hydrogens is 334 g/mol. The van der Waals surface area contributed by atoms with Crippen molar-refractivity contribution >= 4 is 29.0 Å². The van der Waals surface area contributed by atoms with Crippen molar-refractivity contribution in [3.05, 3.63) is 83.9 Å². The molecule has 27 heavy (non-hydrogen) atoms. The molecule has 5 nitrogen and oxygen atoms in total. The van der Waals surface area contributed by atoms with Crippen LogP contribution in [0.15, 0.2) is 88.0 Å². The summed E-state index contributed by atoms with van der Waals surface area (Å²) in [5.74, 6) is 0. The van der Waals surface area contributed by atoms with E-state index in [4.69, 9.17) is 5.26 Å². The maximum atomic E-state index is 8.81. The maximum absolute atomic E-state index is 8.81. The van der Waals surface area contributed by atoms with Gasteiger partial charge in [-0.2, -0.15) is 15.5 Å². The van der Waals surface area contributed by atoms with Crippen LogP contribution in [0.4, 0.5) is 22.7 Å². The van der Waals surface area contributed by atoms with Crippen LogP contribution in [0.25, 0.3) is 0 Å². The largest absolute Gasteiger partial charge is 0.378 e. The Morgan fingerprint density at radius 3 is 1.78 bits per heavy atom. The van der Waals surface area contributed by atoms with Crippen molar-refractivity contribution in [2.24, 2.45) is 15.2 Å². The Hall–Kier alpha value is -3.78. The minimum Gasteiger partial charge on any atom is -0.378 e. The molecule has 3 aromatic carbocycles. The SMILES string of the molecule is CN(C)c1ccc(N=Nc2ccc(N=Cc3ccc(C#N)cc3)cc2)cc1. The number of aliphatic imine (C=N–C) groups is 1. The highest BCUT2D eigenvalue weighted by Crippen LogP contribution is 2.23. The van der Waals surface area contributed by atoms with E-state index in [0.717, 1.165) is 28.3 Å². The average Bonchev–Trinajstić information content (AvgIpc) is 2.72. The number of rotatable bonds is 5. The smallest absolute Gasteiger partial charge is 0.0991 e. The number of nitriles is 1. The van der Waals surface area contributed by atoms with E-state index in [1.165, 1.54) is 0 Å². The summed E-state index contributed by atoms with van der Waals surface area (Å²) in [4.78, 5) is 6.47. The van der Waals surface area contributed by atoms with Gasteiger partial charge in [0, 0.05) is 26.0 Å². The molecule has 3 rings (SSSR count). The Morgan fingerprint density at radius 1 is 0.741 bits per heavy atom. The van der Waals surface area contributed by atoms with Crippen molar-refractivity contribution in [2.75, 3.05) is 19.0 Å². The zero-order valence-corrected chi connectivity index (χ0v) is 15.2. The summed E-state index contributed by atoms with van der Waals surface area (Å²) in [6, 6.07) is 24.8. The van der Waals surface area contributed by atoms with Crippen molar-refractivity contribution < 1.29 is 0 Å². The number of nitrogens with zero attached hydrogens (tertiary/aromatic N) is 5. The molecule has 5 heteroatoms. The van der Waals surface area contributed by atoms with Crippen LogP contribution in [-0.4, -0.2) is 20.3 Å². The number of hydrogen-bond acceptors (Lipinski definition) is 5. The van der Waals surface area contributed by atoms with Gasteiger partial charge in [-0.3, -0.25) is 4.99 Å². The molecule has 0 fully saturated rings. The predicted molar refractivity (Wildman–Crippen MR) is 110 cm³/mol. The summed E-state index contributed by atoms with van der Waals surface area (Å²) in [5, 5.41) is 17.3. The molecule has 0 amide bonds. The Kier molecular flexibility index (Phi) is 5.70. The zero-order valence-electron chi connectivity index (χ0n) is 15.2. The Labute approximate surface area is 158 Å². The van der Waals surface area contributed by atoms with Gasteiger partial charge in [-0.1, -0.05) is 12.1 Å². The molecule has 0 aliphatic carbocycles. The van der Waals surface area contributed by atoms with Gasteiger partial charge in [-0.15, -0.1) is 0 Å². The summed E-state index contributed by atoms with van der Waals surface area (Å²) in [7, 11) is 4.00. The van der Waals surface area contributed by atoms with Gasteiger partial charge in [0.2, 0.25) is 0 Å². The highest BCUT2D eigenvalue weighted by Gasteiger charge is 1.96. The molecule has 0 aliphatic rings. The fourth-order valence-electron chi connectivity index (χ4n) is 2.33. The molecule has 0 heterocycles. The number of hydrogen-bond donors (Lipinski definition) is 0. The van der Waals surface area contributed by atoms with Crippen molar-refractivity contribution in [3.63, 3.8) is 0 Å². The molecule has 0 aliphatic heterocycles. The Bertz CT molecular complexity index is 977. The second kappa shape index (κ2) is 8.54. The first-order valence-corrected chi connectivity index (χ1v) is 8.47. The minimum absolute atomic E-state index is 0.637. The molecule has 0 N–H and O–H groups in total. The summed E-state index contributed by atoms with van der Waals surface area (Å²) >= 11 is 0. The quantitative estimate of drug-likeness (QED) is 0.430. The van der Waals surface area contributed by atoms with Crippen molar-refractivity contribution in [1.29, 1.82) is 5.26 Å². The van der Waals surface area contributed by atoms with Crippen LogP contribution in [0.1, 0.15) is 11.1 Å². The van der Waals surface area contributed by atoms with Crippen LogP contribution in [0.5, 0.6) is 0 Å². The third-order valence-corrected chi connectivity index (χ3v) is 3.90. The van der Waals surface area contributed by atoms with Crippen LogP contribution >= 0.6 is 0 Å². The highest BCUT2D eigenvalue weighted by molar-refractivity contribution is 5.82. The van der Waals surface area contributed by atoms with Gasteiger partial charge in [0.25, 0.3) is 0 Å². The van der Waals surface area contributed by atoms with Crippen LogP contribution in [-0.2, 0) is 0 Å². The van der Waals surface area contributed by atoms with Crippen LogP contribution in [0, 0.1) is 11.3 Å². The fourth-order valence-corrected chi connectivity index (χ4v) is 2.33. The average molecular weight is 353 g/mol. The molecular formula is C22H19N5. The molecule has 132 valence electrons. The molecule has 3 aromatic rings. The zero-order chi connectivity index (χ0) is 19.1. The fraction of sp³-hybridized carbons (Fsp3) is 0.0909. The van der Waals surface area contributed by atoms with Gasteiger partial charge in [-0.25, -0.2) is 0 Å². The first-order chi connectivity index (χ1) is 13.1. The topological polar surface area (TPSA) is 64.1 Å². The molecule has 0 saturated carbocycles. The van der Waals surface area contributed by atoms with Crippen LogP contribution in [0.3, 0.4) is 0 Å². The van der Waals surface area contributed by atoms with E-state index in [-0.39, 0.29) is 0 Å². The van der Waals surface area contributed by atoms with E-state index < -0.39 is 0 Å². The monoisotopic (exact) mass is 353 g/mol. The van der Waals surface area contributed by atoms with E-state index >= 15 is 0 Å². The summed E-state index contributed by atoms with van der Waals surface area (Å²) in [6.07, 6.45) is 1.77. The van der Waals surface area contributed by atoms with Gasteiger partial charge in [0.1, 0.15) is 0 Å². The Morgan fingerprint density at radius 2 is 1.26 bits per heavy atom. The van der Waals surface area contributed by atoms with E-state index in [0.29, 0.717) is 5.56 Å². The minimum atomic E-state index is 0.637. The lowest BCUT2D eigenvalue weighted by Crippen LogP contribution is -2.07. The van der Waals surface area contributed by atoms with E-state index in [1.54, 1.807) is 18.3 Å². The third kappa shape index (κ3) is 5.10. The predicted octanol–water partition coefficient (Wildman–Crippen LogP) is 5.79. The first kappa shape index (κ1) is 18.0. The summed E-state index contributed by atoms with van der Waals surface area (Å²) in [6.45, 7) is 0. The van der Waals surface area contributed by atoms with Gasteiger partial charge >= 0.3 is 0 Å². The van der Waals surface area contributed by atoms with Crippen molar-refractivity contribution in [1.82, 2.24) is 0 Å². The highest BCUT2D eigenvalue weighted by atomic mass is 15.1. The number of benzene rings is 3. The number of anilines is 1. The van der Waals surface area contributed by atoms with E-state index in [9.17, 15) is 0 Å². The molecule has 0 radical (unpaired) electrons. The molecule has 0 spiro atoms. The number of azo groups is 1. The van der Waals surface area contributed by atoms with E-state index in [1.807, 2.05) is 79.7 Å². The lowest BCUT2D eigenvalue weighted by Gasteiger charge is -2.11. The maximum Gasteiger partial charge on any atom is 0.0991 e. The normalized spacial score (nSPS) is 11.0. The second-order valence-corrected chi connectivity index (χ2v) is 6.12. The molecule has 0 bridgehead atoms. The molecule has 0 saturated heterocycles. The van der Waals surface area contributed by atoms with Crippen molar-refractivity contribution in [2.45, 2.75) is 0 Å². The summed E-state index contributed by atoms with van der Waals surface area (Å²) < 4.78 is 0. The lowest BCUT2D eigenvalue weighted by molar-refractivity contribution is 1.13. The Balaban J connectivity index is 1.64. The van der Waals surface area contributed by atoms with E-state index in [2.05, 4.69) is 21.3 Å². The van der Waals surface area contributed by atoms with Crippen molar-refractivity contribution in [3.8, 4) is 6.07 Å². The first-order valence-electron chi connectivity index (χ1n) is 8.47.